The lowest BCUT2D eigenvalue weighted by Gasteiger charge is -2.36. The van der Waals surface area contributed by atoms with Gasteiger partial charge in [0.05, 0.1) is 11.7 Å². The number of piperazine rings is 1. The lowest BCUT2D eigenvalue weighted by atomic mass is 10.0. The minimum absolute atomic E-state index is 0.278. The zero-order chi connectivity index (χ0) is 22.9. The topological polar surface area (TPSA) is 87.0 Å². The number of hydrogen-bond donors (Lipinski definition) is 2. The molecular formula is C24H35N9. The Morgan fingerprint density at radius 2 is 1.73 bits per heavy atom. The van der Waals surface area contributed by atoms with Gasteiger partial charge in [0.1, 0.15) is 17.5 Å². The van der Waals surface area contributed by atoms with Gasteiger partial charge < -0.3 is 20.4 Å². The molecule has 1 unspecified atom stereocenters. The van der Waals surface area contributed by atoms with E-state index in [2.05, 4.69) is 64.3 Å². The summed E-state index contributed by atoms with van der Waals surface area (Å²) < 4.78 is 2.02. The standard InChI is InChI=1S/C24H35N9/c1-16(2)19-15-32(10-7-25-19)23-12-22(31-8-5-6-9-31)29-24(30-23)28-21-11-20-18(13-26-21)14-27-33(20)17(3)4/h11-14,16-17,19,25H,5-10,15H2,1-4H3,(H,26,28,29,30). The fraction of sp³-hybridized carbons (Fsp3) is 0.583. The smallest absolute Gasteiger partial charge is 0.232 e. The van der Waals surface area contributed by atoms with E-state index in [9.17, 15) is 0 Å². The van der Waals surface area contributed by atoms with Gasteiger partial charge >= 0.3 is 0 Å². The van der Waals surface area contributed by atoms with Gasteiger partial charge in [-0.25, -0.2) is 4.98 Å². The van der Waals surface area contributed by atoms with Gasteiger partial charge in [0.25, 0.3) is 0 Å². The first-order valence-electron chi connectivity index (χ1n) is 12.2. The van der Waals surface area contributed by atoms with E-state index >= 15 is 0 Å². The van der Waals surface area contributed by atoms with Crippen LogP contribution in [-0.2, 0) is 0 Å². The van der Waals surface area contributed by atoms with Crippen LogP contribution in [0.15, 0.2) is 24.5 Å². The minimum atomic E-state index is 0.278. The number of pyridine rings is 1. The Labute approximate surface area is 195 Å². The van der Waals surface area contributed by atoms with Gasteiger partial charge in [-0.15, -0.1) is 0 Å². The highest BCUT2D eigenvalue weighted by atomic mass is 15.3. The summed E-state index contributed by atoms with van der Waals surface area (Å²) in [6.07, 6.45) is 6.15. The van der Waals surface area contributed by atoms with Crippen LogP contribution in [0.5, 0.6) is 0 Å². The van der Waals surface area contributed by atoms with E-state index in [-0.39, 0.29) is 6.04 Å². The van der Waals surface area contributed by atoms with Crippen molar-refractivity contribution in [3.8, 4) is 0 Å². The third kappa shape index (κ3) is 4.59. The largest absolute Gasteiger partial charge is 0.356 e. The SMILES string of the molecule is CC(C)C1CN(c2cc(N3CCCC3)nc(Nc3cc4c(cn3)cnn4C(C)C)n2)CCN1. The summed E-state index contributed by atoms with van der Waals surface area (Å²) in [4.78, 5) is 19.2. The van der Waals surface area contributed by atoms with Crippen molar-refractivity contribution in [2.24, 2.45) is 5.92 Å². The molecular weight excluding hydrogens is 414 g/mol. The van der Waals surface area contributed by atoms with E-state index in [0.29, 0.717) is 17.9 Å². The van der Waals surface area contributed by atoms with Crippen LogP contribution in [0.1, 0.15) is 46.6 Å². The Morgan fingerprint density at radius 1 is 0.970 bits per heavy atom. The Hall–Kier alpha value is -2.94. The van der Waals surface area contributed by atoms with Crippen molar-refractivity contribution in [2.75, 3.05) is 47.8 Å². The first kappa shape index (κ1) is 21.9. The van der Waals surface area contributed by atoms with Crippen molar-refractivity contribution < 1.29 is 0 Å². The maximum absolute atomic E-state index is 4.93. The molecule has 2 saturated heterocycles. The molecule has 2 aliphatic heterocycles. The molecule has 5 heterocycles. The van der Waals surface area contributed by atoms with Crippen molar-refractivity contribution in [2.45, 2.75) is 52.6 Å². The van der Waals surface area contributed by atoms with E-state index in [4.69, 9.17) is 9.97 Å². The number of hydrogen-bond acceptors (Lipinski definition) is 8. The Kier molecular flexibility index (Phi) is 6.05. The number of nitrogens with zero attached hydrogens (tertiary/aromatic N) is 7. The number of fused-ring (bicyclic) bond motifs is 1. The maximum Gasteiger partial charge on any atom is 0.232 e. The number of anilines is 4. The molecule has 5 rings (SSSR count). The Morgan fingerprint density at radius 3 is 2.45 bits per heavy atom. The van der Waals surface area contributed by atoms with E-state index in [1.165, 1.54) is 12.8 Å². The molecule has 9 nitrogen and oxygen atoms in total. The van der Waals surface area contributed by atoms with Crippen molar-refractivity contribution in [1.82, 2.24) is 30.0 Å². The summed E-state index contributed by atoms with van der Waals surface area (Å²) >= 11 is 0. The highest BCUT2D eigenvalue weighted by Crippen LogP contribution is 2.27. The second-order valence-corrected chi connectivity index (χ2v) is 9.79. The Balaban J connectivity index is 1.47. The third-order valence-electron chi connectivity index (χ3n) is 6.67. The van der Waals surface area contributed by atoms with Crippen LogP contribution in [0.4, 0.5) is 23.4 Å². The van der Waals surface area contributed by atoms with E-state index in [1.54, 1.807) is 0 Å². The normalized spacial score (nSPS) is 19.3. The summed E-state index contributed by atoms with van der Waals surface area (Å²) in [6, 6.07) is 4.93. The minimum Gasteiger partial charge on any atom is -0.356 e. The van der Waals surface area contributed by atoms with Gasteiger partial charge in [0.2, 0.25) is 5.95 Å². The molecule has 0 aliphatic carbocycles. The summed E-state index contributed by atoms with van der Waals surface area (Å²) in [6.45, 7) is 13.8. The van der Waals surface area contributed by atoms with Gasteiger partial charge in [0.15, 0.2) is 0 Å². The average molecular weight is 450 g/mol. The van der Waals surface area contributed by atoms with Crippen molar-refractivity contribution >= 4 is 34.3 Å². The van der Waals surface area contributed by atoms with E-state index in [0.717, 1.165) is 61.1 Å². The third-order valence-corrected chi connectivity index (χ3v) is 6.67. The van der Waals surface area contributed by atoms with Gasteiger partial charge in [-0.1, -0.05) is 13.8 Å². The predicted octanol–water partition coefficient (Wildman–Crippen LogP) is 3.58. The van der Waals surface area contributed by atoms with Crippen LogP contribution in [0.25, 0.3) is 10.9 Å². The van der Waals surface area contributed by atoms with Crippen LogP contribution in [0, 0.1) is 5.92 Å². The van der Waals surface area contributed by atoms with Crippen LogP contribution >= 0.6 is 0 Å². The van der Waals surface area contributed by atoms with Crippen LogP contribution in [-0.4, -0.2) is 63.5 Å². The highest BCUT2D eigenvalue weighted by molar-refractivity contribution is 5.81. The van der Waals surface area contributed by atoms with Gasteiger partial charge in [-0.3, -0.25) is 4.68 Å². The summed E-state index contributed by atoms with van der Waals surface area (Å²) in [5, 5.41) is 12.6. The molecule has 2 aliphatic rings. The second kappa shape index (κ2) is 9.13. The molecule has 0 saturated carbocycles. The van der Waals surface area contributed by atoms with Crippen molar-refractivity contribution in [3.63, 3.8) is 0 Å². The van der Waals surface area contributed by atoms with Crippen molar-refractivity contribution in [3.05, 3.63) is 24.5 Å². The summed E-state index contributed by atoms with van der Waals surface area (Å²) in [5.74, 6) is 3.88. The maximum atomic E-state index is 4.93. The lowest BCUT2D eigenvalue weighted by molar-refractivity contribution is 0.367. The molecule has 2 N–H and O–H groups in total. The molecule has 3 aromatic rings. The highest BCUT2D eigenvalue weighted by Gasteiger charge is 2.25. The molecule has 0 aromatic carbocycles. The van der Waals surface area contributed by atoms with Gasteiger partial charge in [-0.05, 0) is 32.6 Å². The Bertz CT molecular complexity index is 1100. The number of nitrogens with one attached hydrogen (secondary N) is 2. The molecule has 0 radical (unpaired) electrons. The molecule has 33 heavy (non-hydrogen) atoms. The summed E-state index contributed by atoms with van der Waals surface area (Å²) in [5.41, 5.74) is 1.06. The van der Waals surface area contributed by atoms with Crippen molar-refractivity contribution in [1.29, 1.82) is 0 Å². The van der Waals surface area contributed by atoms with E-state index in [1.807, 2.05) is 23.1 Å². The summed E-state index contributed by atoms with van der Waals surface area (Å²) in [7, 11) is 0. The fourth-order valence-electron chi connectivity index (χ4n) is 4.72. The molecule has 176 valence electrons. The molecule has 3 aromatic heterocycles. The van der Waals surface area contributed by atoms with Crippen LogP contribution in [0.3, 0.4) is 0 Å². The molecule has 2 fully saturated rings. The predicted molar refractivity (Wildman–Crippen MR) is 134 cm³/mol. The second-order valence-electron chi connectivity index (χ2n) is 9.79. The number of aromatic nitrogens is 5. The number of rotatable bonds is 6. The van der Waals surface area contributed by atoms with E-state index < -0.39 is 0 Å². The molecule has 1 atom stereocenters. The fourth-order valence-corrected chi connectivity index (χ4v) is 4.72. The lowest BCUT2D eigenvalue weighted by Crippen LogP contribution is -2.53. The van der Waals surface area contributed by atoms with Crippen LogP contribution < -0.4 is 20.4 Å². The van der Waals surface area contributed by atoms with Gasteiger partial charge in [0, 0.05) is 68.5 Å². The quantitative estimate of drug-likeness (QED) is 0.591. The van der Waals surface area contributed by atoms with Gasteiger partial charge in [-0.2, -0.15) is 15.1 Å². The molecule has 0 spiro atoms. The first-order chi connectivity index (χ1) is 16.0. The average Bonchev–Trinajstić information content (AvgIpc) is 3.49. The monoisotopic (exact) mass is 449 g/mol. The zero-order valence-electron chi connectivity index (χ0n) is 20.1. The molecule has 0 amide bonds. The van der Waals surface area contributed by atoms with Crippen LogP contribution in [0.2, 0.25) is 0 Å². The molecule has 9 heteroatoms. The zero-order valence-corrected chi connectivity index (χ0v) is 20.1. The molecule has 0 bridgehead atoms. The first-order valence-corrected chi connectivity index (χ1v) is 12.2.